The molecule has 7 aromatic carbocycles. The predicted molar refractivity (Wildman–Crippen MR) is 213 cm³/mol. The average molecular weight is 666 g/mol. The zero-order valence-corrected chi connectivity index (χ0v) is 28.1. The Morgan fingerprint density at radius 3 is 1.58 bits per heavy atom. The normalized spacial score (nSPS) is 11.5. The maximum atomic E-state index is 4.99. The Hall–Kier alpha value is -7.11. The van der Waals surface area contributed by atoms with E-state index in [1.54, 1.807) is 0 Å². The molecule has 0 aliphatic heterocycles. The van der Waals surface area contributed by atoms with Crippen molar-refractivity contribution in [1.82, 2.24) is 24.1 Å². The van der Waals surface area contributed by atoms with Gasteiger partial charge in [-0.15, -0.1) is 0 Å². The van der Waals surface area contributed by atoms with Crippen molar-refractivity contribution >= 4 is 32.7 Å². The predicted octanol–water partition coefficient (Wildman–Crippen LogP) is 11.6. The highest BCUT2D eigenvalue weighted by Gasteiger charge is 2.18. The third kappa shape index (κ3) is 5.07. The second-order valence-corrected chi connectivity index (χ2v) is 12.9. The third-order valence-electron chi connectivity index (χ3n) is 9.79. The lowest BCUT2D eigenvalue weighted by Crippen LogP contribution is -2.00. The minimum atomic E-state index is 0.637. The molecule has 52 heavy (non-hydrogen) atoms. The van der Waals surface area contributed by atoms with Crippen LogP contribution in [-0.2, 0) is 0 Å². The lowest BCUT2D eigenvalue weighted by Gasteiger charge is -2.12. The molecule has 0 atom stereocenters. The molecule has 0 saturated heterocycles. The molecule has 0 aliphatic carbocycles. The summed E-state index contributed by atoms with van der Waals surface area (Å²) in [6.07, 6.45) is 2.18. The molecule has 0 N–H and O–H groups in total. The molecule has 244 valence electrons. The first-order valence-corrected chi connectivity index (χ1v) is 17.5. The largest absolute Gasteiger partial charge is 0.316 e. The van der Waals surface area contributed by atoms with Gasteiger partial charge < -0.3 is 9.13 Å². The highest BCUT2D eigenvalue weighted by atomic mass is 15.0. The van der Waals surface area contributed by atoms with Gasteiger partial charge in [-0.1, -0.05) is 133 Å². The van der Waals surface area contributed by atoms with E-state index in [4.69, 9.17) is 15.0 Å². The molecule has 0 amide bonds. The van der Waals surface area contributed by atoms with Gasteiger partial charge in [-0.3, -0.25) is 0 Å². The van der Waals surface area contributed by atoms with Gasteiger partial charge in [-0.2, -0.15) is 0 Å². The van der Waals surface area contributed by atoms with Crippen LogP contribution < -0.4 is 0 Å². The average Bonchev–Trinajstić information content (AvgIpc) is 3.82. The smallest absolute Gasteiger partial charge is 0.164 e. The van der Waals surface area contributed by atoms with Crippen LogP contribution in [0.15, 0.2) is 188 Å². The summed E-state index contributed by atoms with van der Waals surface area (Å²) in [4.78, 5) is 14.9. The van der Waals surface area contributed by atoms with E-state index in [-0.39, 0.29) is 0 Å². The first-order chi connectivity index (χ1) is 25.8. The molecule has 0 saturated carbocycles. The zero-order chi connectivity index (χ0) is 34.4. The minimum Gasteiger partial charge on any atom is -0.316 e. The number of hydrogen-bond acceptors (Lipinski definition) is 3. The van der Waals surface area contributed by atoms with Crippen LogP contribution in [0.4, 0.5) is 0 Å². The number of aromatic nitrogens is 5. The maximum absolute atomic E-state index is 4.99. The van der Waals surface area contributed by atoms with Crippen molar-refractivity contribution < 1.29 is 0 Å². The Balaban J connectivity index is 1.12. The van der Waals surface area contributed by atoms with E-state index in [0.717, 1.165) is 39.2 Å². The quantitative estimate of drug-likeness (QED) is 0.178. The highest BCUT2D eigenvalue weighted by Crippen LogP contribution is 2.38. The summed E-state index contributed by atoms with van der Waals surface area (Å²) in [5.41, 5.74) is 10.8. The van der Waals surface area contributed by atoms with Crippen LogP contribution in [0.2, 0.25) is 0 Å². The number of fused-ring (bicyclic) bond motifs is 5. The van der Waals surface area contributed by atoms with Crippen LogP contribution in [0.5, 0.6) is 0 Å². The lowest BCUT2D eigenvalue weighted by atomic mass is 10.0. The van der Waals surface area contributed by atoms with Gasteiger partial charge in [0.1, 0.15) is 0 Å². The van der Waals surface area contributed by atoms with Gasteiger partial charge in [0.15, 0.2) is 17.5 Å². The molecular weight excluding hydrogens is 635 g/mol. The monoisotopic (exact) mass is 665 g/mol. The van der Waals surface area contributed by atoms with Crippen molar-refractivity contribution in [2.75, 3.05) is 0 Å². The molecule has 0 fully saturated rings. The first-order valence-electron chi connectivity index (χ1n) is 17.5. The molecule has 5 heteroatoms. The Labute approximate surface area is 300 Å². The van der Waals surface area contributed by atoms with Gasteiger partial charge in [-0.05, 0) is 59.7 Å². The van der Waals surface area contributed by atoms with Gasteiger partial charge in [0.2, 0.25) is 0 Å². The summed E-state index contributed by atoms with van der Waals surface area (Å²) in [6, 6.07) is 63.5. The summed E-state index contributed by atoms with van der Waals surface area (Å²) in [5, 5.41) is 3.68. The fourth-order valence-corrected chi connectivity index (χ4v) is 7.36. The molecule has 0 spiro atoms. The van der Waals surface area contributed by atoms with Crippen LogP contribution in [-0.4, -0.2) is 24.1 Å². The van der Waals surface area contributed by atoms with Crippen LogP contribution >= 0.6 is 0 Å². The summed E-state index contributed by atoms with van der Waals surface area (Å²) in [6.45, 7) is 0. The molecule has 0 aliphatic rings. The summed E-state index contributed by atoms with van der Waals surface area (Å²) < 4.78 is 4.69. The molecule has 10 aromatic rings. The number of nitrogens with zero attached hydrogens (tertiary/aromatic N) is 5. The van der Waals surface area contributed by atoms with Crippen molar-refractivity contribution in [3.63, 3.8) is 0 Å². The highest BCUT2D eigenvalue weighted by molar-refractivity contribution is 6.18. The number of benzene rings is 7. The lowest BCUT2D eigenvalue weighted by molar-refractivity contribution is 1.07. The second-order valence-electron chi connectivity index (χ2n) is 12.9. The van der Waals surface area contributed by atoms with Gasteiger partial charge in [0, 0.05) is 50.4 Å². The van der Waals surface area contributed by atoms with E-state index < -0.39 is 0 Å². The molecular formula is C47H31N5. The van der Waals surface area contributed by atoms with Gasteiger partial charge in [-0.25, -0.2) is 15.0 Å². The van der Waals surface area contributed by atoms with Crippen molar-refractivity contribution in [1.29, 1.82) is 0 Å². The van der Waals surface area contributed by atoms with Gasteiger partial charge in [0.05, 0.1) is 16.6 Å². The molecule has 0 unspecified atom stereocenters. The fourth-order valence-electron chi connectivity index (χ4n) is 7.36. The van der Waals surface area contributed by atoms with E-state index in [2.05, 4.69) is 137 Å². The Kier molecular flexibility index (Phi) is 7.07. The maximum Gasteiger partial charge on any atom is 0.164 e. The van der Waals surface area contributed by atoms with Crippen molar-refractivity contribution in [2.24, 2.45) is 0 Å². The van der Waals surface area contributed by atoms with Crippen LogP contribution in [0.1, 0.15) is 0 Å². The fraction of sp³-hybridized carbons (Fsp3) is 0. The summed E-state index contributed by atoms with van der Waals surface area (Å²) >= 11 is 0. The zero-order valence-electron chi connectivity index (χ0n) is 28.1. The van der Waals surface area contributed by atoms with E-state index in [1.807, 2.05) is 60.7 Å². The van der Waals surface area contributed by atoms with Crippen molar-refractivity contribution in [3.05, 3.63) is 188 Å². The standard InChI is InChI=1S/C47H31N5/c1-4-14-32(15-5-1)45-48-46(33-16-6-2-7-17-33)50-47(49-45)36-20-12-18-34(30-36)35-19-13-23-38(31-35)52-43-25-11-10-24-39(43)40-26-27-42-41(44(40)52)28-29-51(42)37-21-8-3-9-22-37/h1-31H. The van der Waals surface area contributed by atoms with E-state index in [0.29, 0.717) is 17.5 Å². The topological polar surface area (TPSA) is 48.5 Å². The van der Waals surface area contributed by atoms with Gasteiger partial charge in [0.25, 0.3) is 0 Å². The molecule has 5 nitrogen and oxygen atoms in total. The molecule has 3 heterocycles. The number of para-hydroxylation sites is 2. The Morgan fingerprint density at radius 1 is 0.327 bits per heavy atom. The molecule has 0 bridgehead atoms. The van der Waals surface area contributed by atoms with Crippen LogP contribution in [0.25, 0.3) is 89.4 Å². The third-order valence-corrected chi connectivity index (χ3v) is 9.79. The van der Waals surface area contributed by atoms with E-state index in [9.17, 15) is 0 Å². The number of hydrogen-bond donors (Lipinski definition) is 0. The van der Waals surface area contributed by atoms with Crippen LogP contribution in [0, 0.1) is 0 Å². The SMILES string of the molecule is c1ccc(-c2nc(-c3ccccc3)nc(-c3cccc(-c4cccc(-n5c6ccccc6c6ccc7c(ccn7-c7ccccc7)c65)c4)c3)n2)cc1. The molecule has 0 radical (unpaired) electrons. The first kappa shape index (κ1) is 29.8. The van der Waals surface area contributed by atoms with E-state index in [1.165, 1.54) is 32.7 Å². The van der Waals surface area contributed by atoms with E-state index >= 15 is 0 Å². The van der Waals surface area contributed by atoms with Gasteiger partial charge >= 0.3 is 0 Å². The van der Waals surface area contributed by atoms with Crippen molar-refractivity contribution in [3.8, 4) is 56.7 Å². The summed E-state index contributed by atoms with van der Waals surface area (Å²) in [7, 11) is 0. The minimum absolute atomic E-state index is 0.637. The Bertz CT molecular complexity index is 2830. The summed E-state index contributed by atoms with van der Waals surface area (Å²) in [5.74, 6) is 1.93. The Morgan fingerprint density at radius 2 is 0.865 bits per heavy atom. The van der Waals surface area contributed by atoms with Crippen LogP contribution in [0.3, 0.4) is 0 Å². The second kappa shape index (κ2) is 12.3. The van der Waals surface area contributed by atoms with Crippen molar-refractivity contribution in [2.45, 2.75) is 0 Å². The molecule has 10 rings (SSSR count). The molecule has 3 aromatic heterocycles. The number of rotatable bonds is 6.